The monoisotopic (exact) mass is 384 g/mol. The number of ether oxygens (including phenoxy) is 1. The van der Waals surface area contributed by atoms with Crippen molar-refractivity contribution in [2.45, 2.75) is 6.42 Å². The van der Waals surface area contributed by atoms with Gasteiger partial charge in [-0.05, 0) is 54.4 Å². The summed E-state index contributed by atoms with van der Waals surface area (Å²) in [6.07, 6.45) is 2.70. The Balaban J connectivity index is 1.68. The van der Waals surface area contributed by atoms with Gasteiger partial charge in [-0.3, -0.25) is 4.98 Å². The Morgan fingerprint density at radius 1 is 0.931 bits per heavy atom. The largest absolute Gasteiger partial charge is 0.497 e. The Morgan fingerprint density at radius 2 is 1.76 bits per heavy atom. The predicted molar refractivity (Wildman–Crippen MR) is 119 cm³/mol. The van der Waals surface area contributed by atoms with Crippen LogP contribution in [-0.2, 0) is 0 Å². The lowest BCUT2D eigenvalue weighted by Gasteiger charge is -2.11. The first-order valence-electron chi connectivity index (χ1n) is 9.73. The van der Waals surface area contributed by atoms with Crippen LogP contribution in [0.2, 0.25) is 0 Å². The molecule has 4 rings (SSSR count). The van der Waals surface area contributed by atoms with E-state index >= 15 is 0 Å². The molecular formula is C24H24N4O. The van der Waals surface area contributed by atoms with Crippen LogP contribution in [0.15, 0.2) is 72.9 Å². The quantitative estimate of drug-likeness (QED) is 0.451. The molecule has 2 aromatic carbocycles. The van der Waals surface area contributed by atoms with Crippen molar-refractivity contribution in [2.75, 3.05) is 25.5 Å². The third-order valence-electron chi connectivity index (χ3n) is 4.86. The standard InChI is InChI=1S/C24H24N4O/c1-29-20-6-2-5-19(15-20)17-8-10-18(11-9-17)22-16-23-21(7-3-13-26-23)24(28-22)27-14-4-12-25/h2-3,5-11,13,15-16H,4,12,14,25H2,1H3,(H,27,28). The lowest BCUT2D eigenvalue weighted by molar-refractivity contribution is 0.415. The molecule has 0 fully saturated rings. The molecule has 5 heteroatoms. The van der Waals surface area contributed by atoms with E-state index in [2.05, 4.69) is 40.6 Å². The molecule has 0 saturated heterocycles. The number of pyridine rings is 2. The zero-order valence-electron chi connectivity index (χ0n) is 16.4. The highest BCUT2D eigenvalue weighted by Crippen LogP contribution is 2.29. The van der Waals surface area contributed by atoms with Gasteiger partial charge in [0.2, 0.25) is 0 Å². The molecule has 5 nitrogen and oxygen atoms in total. The van der Waals surface area contributed by atoms with Crippen molar-refractivity contribution in [3.63, 3.8) is 0 Å². The van der Waals surface area contributed by atoms with Crippen LogP contribution >= 0.6 is 0 Å². The molecular weight excluding hydrogens is 360 g/mol. The molecule has 2 aromatic heterocycles. The number of nitrogens with zero attached hydrogens (tertiary/aromatic N) is 2. The summed E-state index contributed by atoms with van der Waals surface area (Å²) in [6.45, 7) is 1.43. The summed E-state index contributed by atoms with van der Waals surface area (Å²) in [5.41, 5.74) is 10.7. The zero-order chi connectivity index (χ0) is 20.1. The fourth-order valence-corrected chi connectivity index (χ4v) is 3.30. The summed E-state index contributed by atoms with van der Waals surface area (Å²) in [5, 5.41) is 4.42. The molecule has 0 atom stereocenters. The number of methoxy groups -OCH3 is 1. The van der Waals surface area contributed by atoms with Gasteiger partial charge >= 0.3 is 0 Å². The topological polar surface area (TPSA) is 73.1 Å². The van der Waals surface area contributed by atoms with Crippen molar-refractivity contribution in [1.82, 2.24) is 9.97 Å². The number of aromatic nitrogens is 2. The van der Waals surface area contributed by atoms with Gasteiger partial charge in [-0.15, -0.1) is 0 Å². The molecule has 3 N–H and O–H groups in total. The average molecular weight is 384 g/mol. The van der Waals surface area contributed by atoms with E-state index in [0.29, 0.717) is 6.54 Å². The van der Waals surface area contributed by atoms with Gasteiger partial charge in [-0.25, -0.2) is 4.98 Å². The van der Waals surface area contributed by atoms with Gasteiger partial charge < -0.3 is 15.8 Å². The lowest BCUT2D eigenvalue weighted by atomic mass is 10.0. The van der Waals surface area contributed by atoms with Crippen LogP contribution in [0, 0.1) is 0 Å². The molecule has 0 radical (unpaired) electrons. The number of nitrogens with two attached hydrogens (primary N) is 1. The first-order chi connectivity index (χ1) is 14.3. The van der Waals surface area contributed by atoms with Gasteiger partial charge in [-0.2, -0.15) is 0 Å². The third-order valence-corrected chi connectivity index (χ3v) is 4.86. The van der Waals surface area contributed by atoms with Gasteiger partial charge in [0.05, 0.1) is 18.3 Å². The Morgan fingerprint density at radius 3 is 2.55 bits per heavy atom. The van der Waals surface area contributed by atoms with Gasteiger partial charge in [0.1, 0.15) is 11.6 Å². The van der Waals surface area contributed by atoms with Crippen molar-refractivity contribution >= 4 is 16.7 Å². The summed E-state index contributed by atoms with van der Waals surface area (Å²) >= 11 is 0. The van der Waals surface area contributed by atoms with Crippen LogP contribution < -0.4 is 15.8 Å². The van der Waals surface area contributed by atoms with Gasteiger partial charge in [-0.1, -0.05) is 36.4 Å². The maximum absolute atomic E-state index is 5.63. The average Bonchev–Trinajstić information content (AvgIpc) is 2.79. The second-order valence-corrected chi connectivity index (χ2v) is 6.80. The predicted octanol–water partition coefficient (Wildman–Crippen LogP) is 4.73. The molecule has 4 aromatic rings. The maximum atomic E-state index is 5.63. The van der Waals surface area contributed by atoms with Crippen LogP contribution in [0.25, 0.3) is 33.3 Å². The van der Waals surface area contributed by atoms with Crippen LogP contribution in [-0.4, -0.2) is 30.2 Å². The summed E-state index contributed by atoms with van der Waals surface area (Å²) in [5.74, 6) is 1.69. The van der Waals surface area contributed by atoms with E-state index in [-0.39, 0.29) is 0 Å². The lowest BCUT2D eigenvalue weighted by Crippen LogP contribution is -2.10. The first kappa shape index (κ1) is 18.9. The van der Waals surface area contributed by atoms with E-state index in [1.54, 1.807) is 7.11 Å². The number of nitrogens with one attached hydrogen (secondary N) is 1. The highest BCUT2D eigenvalue weighted by Gasteiger charge is 2.09. The van der Waals surface area contributed by atoms with Crippen molar-refractivity contribution in [2.24, 2.45) is 5.73 Å². The molecule has 0 unspecified atom stereocenters. The fourth-order valence-electron chi connectivity index (χ4n) is 3.30. The third kappa shape index (κ3) is 4.20. The van der Waals surface area contributed by atoms with Crippen molar-refractivity contribution in [3.8, 4) is 28.1 Å². The number of hydrogen-bond donors (Lipinski definition) is 2. The number of hydrogen-bond acceptors (Lipinski definition) is 5. The van der Waals surface area contributed by atoms with E-state index in [1.807, 2.05) is 42.6 Å². The van der Waals surface area contributed by atoms with Crippen molar-refractivity contribution in [3.05, 3.63) is 72.9 Å². The highest BCUT2D eigenvalue weighted by atomic mass is 16.5. The summed E-state index contributed by atoms with van der Waals surface area (Å²) in [4.78, 5) is 9.38. The van der Waals surface area contributed by atoms with Crippen LogP contribution in [0.1, 0.15) is 6.42 Å². The number of anilines is 1. The van der Waals surface area contributed by atoms with Gasteiger partial charge in [0, 0.05) is 23.7 Å². The van der Waals surface area contributed by atoms with E-state index in [4.69, 9.17) is 15.5 Å². The van der Waals surface area contributed by atoms with E-state index in [9.17, 15) is 0 Å². The highest BCUT2D eigenvalue weighted by molar-refractivity contribution is 5.92. The molecule has 0 spiro atoms. The first-order valence-corrected chi connectivity index (χ1v) is 9.73. The molecule has 0 saturated carbocycles. The van der Waals surface area contributed by atoms with Crippen LogP contribution in [0.5, 0.6) is 5.75 Å². The Bertz CT molecular complexity index is 1110. The van der Waals surface area contributed by atoms with Crippen molar-refractivity contribution in [1.29, 1.82) is 0 Å². The van der Waals surface area contributed by atoms with E-state index < -0.39 is 0 Å². The molecule has 0 aliphatic rings. The minimum atomic E-state index is 0.647. The molecule has 2 heterocycles. The second-order valence-electron chi connectivity index (χ2n) is 6.80. The Kier molecular flexibility index (Phi) is 5.68. The normalized spacial score (nSPS) is 10.8. The van der Waals surface area contributed by atoms with Crippen molar-refractivity contribution < 1.29 is 4.74 Å². The number of rotatable bonds is 7. The molecule has 29 heavy (non-hydrogen) atoms. The van der Waals surface area contributed by atoms with Gasteiger partial charge in [0.25, 0.3) is 0 Å². The minimum absolute atomic E-state index is 0.647. The maximum Gasteiger partial charge on any atom is 0.136 e. The molecule has 0 aliphatic carbocycles. The summed E-state index contributed by atoms with van der Waals surface area (Å²) in [6, 6.07) is 22.5. The van der Waals surface area contributed by atoms with E-state index in [1.165, 1.54) is 0 Å². The van der Waals surface area contributed by atoms with E-state index in [0.717, 1.165) is 57.8 Å². The van der Waals surface area contributed by atoms with Crippen LogP contribution in [0.4, 0.5) is 5.82 Å². The van der Waals surface area contributed by atoms with Gasteiger partial charge in [0.15, 0.2) is 0 Å². The summed E-state index contributed by atoms with van der Waals surface area (Å²) < 4.78 is 5.33. The number of fused-ring (bicyclic) bond motifs is 1. The molecule has 0 bridgehead atoms. The number of benzene rings is 2. The second kappa shape index (κ2) is 8.71. The smallest absolute Gasteiger partial charge is 0.136 e. The molecule has 0 amide bonds. The molecule has 0 aliphatic heterocycles. The molecule has 146 valence electrons. The Labute approximate surface area is 170 Å². The van der Waals surface area contributed by atoms with Crippen LogP contribution in [0.3, 0.4) is 0 Å². The minimum Gasteiger partial charge on any atom is -0.497 e. The fraction of sp³-hybridized carbons (Fsp3) is 0.167. The zero-order valence-corrected chi connectivity index (χ0v) is 16.4. The Hall–Kier alpha value is -3.44. The SMILES string of the molecule is COc1cccc(-c2ccc(-c3cc4ncccc4c(NCCCN)n3)cc2)c1. The summed E-state index contributed by atoms with van der Waals surface area (Å²) in [7, 11) is 1.68.